The van der Waals surface area contributed by atoms with E-state index >= 15 is 0 Å². The number of anilines is 1. The number of amides is 2. The van der Waals surface area contributed by atoms with E-state index in [0.29, 0.717) is 16.3 Å². The molecule has 7 heteroatoms. The number of nitrogens with one attached hydrogen (secondary N) is 2. The Hall–Kier alpha value is -3.90. The van der Waals surface area contributed by atoms with Gasteiger partial charge in [0, 0.05) is 30.4 Å². The first-order valence-corrected chi connectivity index (χ1v) is 12.5. The summed E-state index contributed by atoms with van der Waals surface area (Å²) in [5, 5.41) is 6.28. The van der Waals surface area contributed by atoms with Gasteiger partial charge in [-0.15, -0.1) is 0 Å². The van der Waals surface area contributed by atoms with Gasteiger partial charge in [0.25, 0.3) is 5.91 Å². The van der Waals surface area contributed by atoms with Crippen molar-refractivity contribution in [1.82, 2.24) is 14.9 Å². The Morgan fingerprint density at radius 2 is 1.69 bits per heavy atom. The van der Waals surface area contributed by atoms with Crippen molar-refractivity contribution >= 4 is 29.1 Å². The number of carbonyl (C=O) groups is 2. The lowest BCUT2D eigenvalue weighted by Gasteiger charge is -2.19. The third-order valence-corrected chi connectivity index (χ3v) is 6.72. The van der Waals surface area contributed by atoms with Crippen LogP contribution in [0.2, 0.25) is 5.02 Å². The van der Waals surface area contributed by atoms with Crippen LogP contribution in [0, 0.1) is 0 Å². The summed E-state index contributed by atoms with van der Waals surface area (Å²) in [5.74, 6) is 0.613. The fourth-order valence-corrected chi connectivity index (χ4v) is 4.71. The summed E-state index contributed by atoms with van der Waals surface area (Å²) in [4.78, 5) is 30.6. The Labute approximate surface area is 215 Å². The molecule has 0 aliphatic carbocycles. The van der Waals surface area contributed by atoms with Gasteiger partial charge >= 0.3 is 0 Å². The number of rotatable bonds is 7. The molecular formula is C29H27ClN4O2. The Balaban J connectivity index is 1.27. The quantitative estimate of drug-likeness (QED) is 0.326. The highest BCUT2D eigenvalue weighted by Gasteiger charge is 2.21. The number of aromatic nitrogens is 2. The molecule has 1 aliphatic rings. The highest BCUT2D eigenvalue weighted by Crippen LogP contribution is 2.25. The standard InChI is InChI=1S/C29H27ClN4O2/c30-24-11-5-4-10-23(24)29(36)33-25(20-8-2-1-3-9-20)18-28(35)31-22-15-13-21(14-16-22)26-19-34-17-7-6-12-27(34)32-26/h1-5,8-11,13-16,19,25H,6-7,12,17-18H2,(H,31,35)(H,33,36). The lowest BCUT2D eigenvalue weighted by Crippen LogP contribution is -2.31. The molecule has 6 nitrogen and oxygen atoms in total. The smallest absolute Gasteiger partial charge is 0.253 e. The van der Waals surface area contributed by atoms with Gasteiger partial charge in [-0.1, -0.05) is 66.2 Å². The summed E-state index contributed by atoms with van der Waals surface area (Å²) in [5.41, 5.74) is 3.88. The first-order valence-electron chi connectivity index (χ1n) is 12.1. The minimum absolute atomic E-state index is 0.0791. The van der Waals surface area contributed by atoms with E-state index in [2.05, 4.69) is 21.4 Å². The molecule has 2 N–H and O–H groups in total. The maximum atomic E-state index is 13.0. The number of imidazole rings is 1. The van der Waals surface area contributed by atoms with Crippen molar-refractivity contribution in [2.45, 2.75) is 38.3 Å². The third kappa shape index (κ3) is 5.50. The van der Waals surface area contributed by atoms with Crippen molar-refractivity contribution in [2.24, 2.45) is 0 Å². The molecule has 2 heterocycles. The monoisotopic (exact) mass is 498 g/mol. The van der Waals surface area contributed by atoms with E-state index < -0.39 is 6.04 Å². The highest BCUT2D eigenvalue weighted by molar-refractivity contribution is 6.33. The molecule has 1 atom stereocenters. The fourth-order valence-electron chi connectivity index (χ4n) is 4.49. The predicted octanol–water partition coefficient (Wildman–Crippen LogP) is 6.04. The van der Waals surface area contributed by atoms with Gasteiger partial charge in [-0.2, -0.15) is 0 Å². The number of halogens is 1. The normalized spacial score (nSPS) is 13.5. The van der Waals surface area contributed by atoms with E-state index in [1.807, 2.05) is 54.6 Å². The van der Waals surface area contributed by atoms with Crippen LogP contribution in [0.5, 0.6) is 0 Å². The van der Waals surface area contributed by atoms with Crippen LogP contribution in [0.4, 0.5) is 5.69 Å². The van der Waals surface area contributed by atoms with Gasteiger partial charge in [0.2, 0.25) is 5.91 Å². The van der Waals surface area contributed by atoms with Crippen molar-refractivity contribution < 1.29 is 9.59 Å². The van der Waals surface area contributed by atoms with Crippen LogP contribution in [0.25, 0.3) is 11.3 Å². The lowest BCUT2D eigenvalue weighted by atomic mass is 10.0. The molecule has 182 valence electrons. The van der Waals surface area contributed by atoms with Crippen LogP contribution in [0.1, 0.15) is 47.1 Å². The minimum atomic E-state index is -0.508. The van der Waals surface area contributed by atoms with Crippen LogP contribution in [0.15, 0.2) is 85.1 Å². The predicted molar refractivity (Wildman–Crippen MR) is 142 cm³/mol. The van der Waals surface area contributed by atoms with Crippen molar-refractivity contribution in [3.8, 4) is 11.3 Å². The zero-order chi connectivity index (χ0) is 24.9. The number of fused-ring (bicyclic) bond motifs is 1. The second kappa shape index (κ2) is 10.8. The number of hydrogen-bond donors (Lipinski definition) is 2. The first-order chi connectivity index (χ1) is 17.6. The summed E-state index contributed by atoms with van der Waals surface area (Å²) in [7, 11) is 0. The van der Waals surface area contributed by atoms with E-state index in [9.17, 15) is 9.59 Å². The van der Waals surface area contributed by atoms with Gasteiger partial charge in [0.05, 0.1) is 28.7 Å². The molecule has 0 fully saturated rings. The van der Waals surface area contributed by atoms with Gasteiger partial charge in [-0.3, -0.25) is 9.59 Å². The number of nitrogens with zero attached hydrogens (tertiary/aromatic N) is 2. The molecule has 0 saturated heterocycles. The van der Waals surface area contributed by atoms with Crippen LogP contribution < -0.4 is 10.6 Å². The van der Waals surface area contributed by atoms with Gasteiger partial charge in [0.1, 0.15) is 5.82 Å². The number of carbonyl (C=O) groups excluding carboxylic acids is 2. The molecule has 1 aromatic heterocycles. The Bertz CT molecular complexity index is 1340. The molecule has 0 spiro atoms. The molecule has 5 rings (SSSR count). The molecular weight excluding hydrogens is 472 g/mol. The van der Waals surface area contributed by atoms with Crippen LogP contribution in [-0.2, 0) is 17.8 Å². The van der Waals surface area contributed by atoms with Gasteiger partial charge in [-0.05, 0) is 42.7 Å². The maximum absolute atomic E-state index is 13.0. The van der Waals surface area contributed by atoms with Crippen molar-refractivity contribution in [2.75, 3.05) is 5.32 Å². The number of hydrogen-bond acceptors (Lipinski definition) is 3. The maximum Gasteiger partial charge on any atom is 0.253 e. The average Bonchev–Trinajstić information content (AvgIpc) is 3.34. The zero-order valence-electron chi connectivity index (χ0n) is 19.8. The molecule has 1 unspecified atom stereocenters. The Morgan fingerprint density at radius 3 is 2.44 bits per heavy atom. The molecule has 2 amide bonds. The first kappa shape index (κ1) is 23.8. The molecule has 36 heavy (non-hydrogen) atoms. The third-order valence-electron chi connectivity index (χ3n) is 6.39. The molecule has 3 aromatic carbocycles. The van der Waals surface area contributed by atoms with Gasteiger partial charge in [0.15, 0.2) is 0 Å². The van der Waals surface area contributed by atoms with E-state index in [-0.39, 0.29) is 18.2 Å². The molecule has 0 radical (unpaired) electrons. The van der Waals surface area contributed by atoms with Crippen molar-refractivity contribution in [1.29, 1.82) is 0 Å². The topological polar surface area (TPSA) is 76.0 Å². The minimum Gasteiger partial charge on any atom is -0.345 e. The van der Waals surface area contributed by atoms with Gasteiger partial charge < -0.3 is 15.2 Å². The van der Waals surface area contributed by atoms with Crippen molar-refractivity contribution in [3.05, 3.63) is 107 Å². The lowest BCUT2D eigenvalue weighted by molar-refractivity contribution is -0.116. The van der Waals surface area contributed by atoms with E-state index in [4.69, 9.17) is 16.6 Å². The number of benzene rings is 3. The largest absolute Gasteiger partial charge is 0.345 e. The second-order valence-corrected chi connectivity index (χ2v) is 9.35. The molecule has 1 aliphatic heterocycles. The zero-order valence-corrected chi connectivity index (χ0v) is 20.5. The molecule has 0 saturated carbocycles. The van der Waals surface area contributed by atoms with E-state index in [0.717, 1.165) is 35.6 Å². The number of aryl methyl sites for hydroxylation is 2. The summed E-state index contributed by atoms with van der Waals surface area (Å²) in [6, 6.07) is 23.5. The average molecular weight is 499 g/mol. The summed E-state index contributed by atoms with van der Waals surface area (Å²) in [6.45, 7) is 1.02. The van der Waals surface area contributed by atoms with Gasteiger partial charge in [-0.25, -0.2) is 4.98 Å². The highest BCUT2D eigenvalue weighted by atomic mass is 35.5. The van der Waals surface area contributed by atoms with Crippen LogP contribution in [-0.4, -0.2) is 21.4 Å². The van der Waals surface area contributed by atoms with Crippen LogP contribution >= 0.6 is 11.6 Å². The van der Waals surface area contributed by atoms with Crippen molar-refractivity contribution in [3.63, 3.8) is 0 Å². The Kier molecular flexibility index (Phi) is 7.14. The SMILES string of the molecule is O=C(CC(NC(=O)c1ccccc1Cl)c1ccccc1)Nc1ccc(-c2cn3c(n2)CCCC3)cc1. The summed E-state index contributed by atoms with van der Waals surface area (Å²) < 4.78 is 2.23. The molecule has 4 aromatic rings. The summed E-state index contributed by atoms with van der Waals surface area (Å²) >= 11 is 6.20. The molecule has 0 bridgehead atoms. The second-order valence-electron chi connectivity index (χ2n) is 8.94. The van der Waals surface area contributed by atoms with E-state index in [1.165, 1.54) is 12.8 Å². The summed E-state index contributed by atoms with van der Waals surface area (Å²) in [6.07, 6.45) is 5.58. The van der Waals surface area contributed by atoms with E-state index in [1.54, 1.807) is 24.3 Å². The van der Waals surface area contributed by atoms with Crippen LogP contribution in [0.3, 0.4) is 0 Å². The Morgan fingerprint density at radius 1 is 0.944 bits per heavy atom. The fraction of sp³-hybridized carbons (Fsp3) is 0.207.